The van der Waals surface area contributed by atoms with Gasteiger partial charge in [-0.25, -0.2) is 4.98 Å². The minimum atomic E-state index is -3.25. The van der Waals surface area contributed by atoms with E-state index in [2.05, 4.69) is 16.9 Å². The van der Waals surface area contributed by atoms with Crippen molar-refractivity contribution in [3.8, 4) is 0 Å². The van der Waals surface area contributed by atoms with Crippen LogP contribution in [0.1, 0.15) is 27.9 Å². The SMILES string of the molecule is C=CC(F)(F)c1cccc(NC(=O)c2sc3nc(C(C)(F)F)ccc3c2N)c1. The summed E-state index contributed by atoms with van der Waals surface area (Å²) in [7, 11) is 0. The molecule has 0 saturated carbocycles. The van der Waals surface area contributed by atoms with E-state index in [0.717, 1.165) is 30.4 Å². The molecule has 1 amide bonds. The zero-order chi connectivity index (χ0) is 20.7. The molecule has 0 fully saturated rings. The van der Waals surface area contributed by atoms with E-state index >= 15 is 0 Å². The Labute approximate surface area is 161 Å². The number of aromatic nitrogens is 1. The number of thiophene rings is 1. The summed E-state index contributed by atoms with van der Waals surface area (Å²) in [5, 5.41) is 2.86. The first-order valence-electron chi connectivity index (χ1n) is 8.03. The average Bonchev–Trinajstić information content (AvgIpc) is 2.97. The van der Waals surface area contributed by atoms with Gasteiger partial charge in [0.05, 0.1) is 5.69 Å². The van der Waals surface area contributed by atoms with Crippen LogP contribution in [0.15, 0.2) is 49.1 Å². The molecule has 0 aliphatic carbocycles. The molecule has 3 N–H and O–H groups in total. The second-order valence-corrected chi connectivity index (χ2v) is 7.14. The number of halogens is 4. The summed E-state index contributed by atoms with van der Waals surface area (Å²) in [4.78, 5) is 16.7. The third kappa shape index (κ3) is 3.70. The third-order valence-corrected chi connectivity index (χ3v) is 5.13. The van der Waals surface area contributed by atoms with Gasteiger partial charge in [-0.15, -0.1) is 11.3 Å². The van der Waals surface area contributed by atoms with E-state index in [9.17, 15) is 22.4 Å². The highest BCUT2D eigenvalue weighted by molar-refractivity contribution is 7.21. The second-order valence-electron chi connectivity index (χ2n) is 6.14. The monoisotopic (exact) mass is 409 g/mol. The van der Waals surface area contributed by atoms with Crippen LogP contribution in [0.5, 0.6) is 0 Å². The predicted molar refractivity (Wildman–Crippen MR) is 102 cm³/mol. The summed E-state index contributed by atoms with van der Waals surface area (Å²) in [5.74, 6) is -7.03. The molecular weight excluding hydrogens is 394 g/mol. The lowest BCUT2D eigenvalue weighted by molar-refractivity contribution is 0.0131. The number of anilines is 2. The van der Waals surface area contributed by atoms with Crippen molar-refractivity contribution in [1.82, 2.24) is 4.98 Å². The Kier molecular flexibility index (Phi) is 4.88. The Morgan fingerprint density at radius 1 is 1.25 bits per heavy atom. The van der Waals surface area contributed by atoms with E-state index in [0.29, 0.717) is 11.5 Å². The minimum Gasteiger partial charge on any atom is -0.397 e. The highest BCUT2D eigenvalue weighted by Crippen LogP contribution is 2.36. The van der Waals surface area contributed by atoms with E-state index < -0.39 is 23.4 Å². The first-order valence-corrected chi connectivity index (χ1v) is 8.85. The summed E-state index contributed by atoms with van der Waals surface area (Å²) >= 11 is 0.850. The molecule has 0 spiro atoms. The molecule has 4 nitrogen and oxygen atoms in total. The number of hydrogen-bond acceptors (Lipinski definition) is 4. The Hall–Kier alpha value is -2.94. The maximum Gasteiger partial charge on any atom is 0.291 e. The number of pyridine rings is 1. The molecule has 0 radical (unpaired) electrons. The van der Waals surface area contributed by atoms with Crippen molar-refractivity contribution in [1.29, 1.82) is 0 Å². The summed E-state index contributed by atoms with van der Waals surface area (Å²) < 4.78 is 54.4. The average molecular weight is 409 g/mol. The first-order chi connectivity index (χ1) is 13.0. The zero-order valence-electron chi connectivity index (χ0n) is 14.6. The number of carbonyl (C=O) groups is 1. The van der Waals surface area contributed by atoms with Gasteiger partial charge in [-0.1, -0.05) is 18.7 Å². The molecule has 28 heavy (non-hydrogen) atoms. The van der Waals surface area contributed by atoms with Crippen LogP contribution in [0, 0.1) is 0 Å². The van der Waals surface area contributed by atoms with Gasteiger partial charge in [0.25, 0.3) is 17.8 Å². The lowest BCUT2D eigenvalue weighted by atomic mass is 10.1. The molecule has 0 saturated heterocycles. The van der Waals surface area contributed by atoms with Crippen LogP contribution >= 0.6 is 11.3 Å². The van der Waals surface area contributed by atoms with Gasteiger partial charge in [-0.3, -0.25) is 4.79 Å². The van der Waals surface area contributed by atoms with Crippen molar-refractivity contribution >= 4 is 38.8 Å². The molecule has 0 aliphatic rings. The molecule has 3 rings (SSSR count). The van der Waals surface area contributed by atoms with Gasteiger partial charge in [-0.2, -0.15) is 17.6 Å². The lowest BCUT2D eigenvalue weighted by Crippen LogP contribution is -2.14. The van der Waals surface area contributed by atoms with Gasteiger partial charge in [0.2, 0.25) is 0 Å². The van der Waals surface area contributed by atoms with Crippen molar-refractivity contribution in [2.75, 3.05) is 11.1 Å². The number of fused-ring (bicyclic) bond motifs is 1. The van der Waals surface area contributed by atoms with Gasteiger partial charge in [0.15, 0.2) is 0 Å². The highest BCUT2D eigenvalue weighted by atomic mass is 32.1. The third-order valence-electron chi connectivity index (χ3n) is 4.01. The van der Waals surface area contributed by atoms with E-state index in [1.807, 2.05) is 0 Å². The van der Waals surface area contributed by atoms with Crippen molar-refractivity contribution < 1.29 is 22.4 Å². The first kappa shape index (κ1) is 19.8. The van der Waals surface area contributed by atoms with Crippen LogP contribution < -0.4 is 11.1 Å². The lowest BCUT2D eigenvalue weighted by Gasteiger charge is -2.13. The maximum absolute atomic E-state index is 13.7. The molecule has 9 heteroatoms. The number of nitrogen functional groups attached to an aromatic ring is 1. The van der Waals surface area contributed by atoms with Crippen LogP contribution in [-0.4, -0.2) is 10.9 Å². The fourth-order valence-corrected chi connectivity index (χ4v) is 3.51. The Morgan fingerprint density at radius 2 is 1.96 bits per heavy atom. The molecule has 0 bridgehead atoms. The molecule has 0 atom stereocenters. The number of amides is 1. The van der Waals surface area contributed by atoms with Crippen molar-refractivity contribution in [2.45, 2.75) is 18.8 Å². The Morgan fingerprint density at radius 3 is 2.61 bits per heavy atom. The molecule has 0 unspecified atom stereocenters. The molecule has 2 heterocycles. The number of benzene rings is 1. The number of nitrogens with zero attached hydrogens (tertiary/aromatic N) is 1. The van der Waals surface area contributed by atoms with E-state index in [4.69, 9.17) is 5.73 Å². The Balaban J connectivity index is 1.93. The normalized spacial score (nSPS) is 12.2. The number of nitrogens with two attached hydrogens (primary N) is 1. The van der Waals surface area contributed by atoms with Crippen LogP contribution in [0.4, 0.5) is 28.9 Å². The van der Waals surface area contributed by atoms with E-state index in [1.165, 1.54) is 24.3 Å². The zero-order valence-corrected chi connectivity index (χ0v) is 15.4. The standard InChI is InChI=1S/C19H15F4N3OS/c1-3-19(22,23)10-5-4-6-11(9-10)25-16(27)15-14(24)12-7-8-13(18(2,20)21)26-17(12)28-15/h3-9H,1,24H2,2H3,(H,25,27). The molecular formula is C19H15F4N3OS. The fraction of sp³-hybridized carbons (Fsp3) is 0.158. The number of nitrogens with one attached hydrogen (secondary N) is 1. The molecule has 0 aliphatic heterocycles. The van der Waals surface area contributed by atoms with E-state index in [1.54, 1.807) is 0 Å². The number of rotatable bonds is 5. The quantitative estimate of drug-likeness (QED) is 0.431. The van der Waals surface area contributed by atoms with E-state index in [-0.39, 0.29) is 26.6 Å². The van der Waals surface area contributed by atoms with Gasteiger partial charge < -0.3 is 11.1 Å². The second kappa shape index (κ2) is 6.90. The number of hydrogen-bond donors (Lipinski definition) is 2. The van der Waals surface area contributed by atoms with Gasteiger partial charge in [-0.05, 0) is 30.3 Å². The van der Waals surface area contributed by atoms with Crippen molar-refractivity contribution in [3.63, 3.8) is 0 Å². The largest absolute Gasteiger partial charge is 0.397 e. The summed E-state index contributed by atoms with van der Waals surface area (Å²) in [6.07, 6.45) is 0.505. The Bertz CT molecular complexity index is 1070. The molecule has 1 aromatic carbocycles. The van der Waals surface area contributed by atoms with Crippen LogP contribution in [0.3, 0.4) is 0 Å². The summed E-state index contributed by atoms with van der Waals surface area (Å²) in [6, 6.07) is 7.67. The number of carbonyl (C=O) groups excluding carboxylic acids is 1. The van der Waals surface area contributed by atoms with Crippen LogP contribution in [0.2, 0.25) is 0 Å². The van der Waals surface area contributed by atoms with Gasteiger partial charge in [0.1, 0.15) is 15.4 Å². The summed E-state index contributed by atoms with van der Waals surface area (Å²) in [6.45, 7) is 3.81. The number of allylic oxidation sites excluding steroid dienone is 1. The minimum absolute atomic E-state index is 0.0555. The molecule has 2 aromatic heterocycles. The van der Waals surface area contributed by atoms with Gasteiger partial charge in [0, 0.05) is 23.6 Å². The smallest absolute Gasteiger partial charge is 0.291 e. The summed E-state index contributed by atoms with van der Waals surface area (Å²) in [5.41, 5.74) is 5.41. The molecule has 146 valence electrons. The topological polar surface area (TPSA) is 68.0 Å². The van der Waals surface area contributed by atoms with Crippen molar-refractivity contribution in [2.24, 2.45) is 0 Å². The number of alkyl halides is 4. The molecule has 3 aromatic rings. The van der Waals surface area contributed by atoms with Crippen molar-refractivity contribution in [3.05, 3.63) is 65.2 Å². The van der Waals surface area contributed by atoms with Gasteiger partial charge >= 0.3 is 0 Å². The van der Waals surface area contributed by atoms with Crippen LogP contribution in [0.25, 0.3) is 10.2 Å². The highest BCUT2D eigenvalue weighted by Gasteiger charge is 2.29. The maximum atomic E-state index is 13.7. The fourth-order valence-electron chi connectivity index (χ4n) is 2.52. The van der Waals surface area contributed by atoms with Crippen LogP contribution in [-0.2, 0) is 11.8 Å². The predicted octanol–water partition coefficient (Wildman–Crippen LogP) is 5.52.